The van der Waals surface area contributed by atoms with Gasteiger partial charge >= 0.3 is 12.1 Å². The van der Waals surface area contributed by atoms with Crippen LogP contribution in [0.1, 0.15) is 25.6 Å². The number of carbonyl (C=O) groups is 3. The number of carbonyl (C=O) groups excluding carboxylic acids is 3. The van der Waals surface area contributed by atoms with Gasteiger partial charge in [0.25, 0.3) is 5.91 Å². The van der Waals surface area contributed by atoms with Crippen molar-refractivity contribution in [3.8, 4) is 11.5 Å². The van der Waals surface area contributed by atoms with Gasteiger partial charge in [-0.2, -0.15) is 13.2 Å². The van der Waals surface area contributed by atoms with E-state index in [9.17, 15) is 27.6 Å². The first-order valence-electron chi connectivity index (χ1n) is 9.81. The van der Waals surface area contributed by atoms with Crippen molar-refractivity contribution >= 4 is 46.3 Å². The Hall–Kier alpha value is -3.57. The summed E-state index contributed by atoms with van der Waals surface area (Å²) in [7, 11) is 1.29. The number of methoxy groups -OCH3 is 1. The highest BCUT2D eigenvalue weighted by Crippen LogP contribution is 2.34. The van der Waals surface area contributed by atoms with Crippen LogP contribution in [0.4, 0.5) is 18.9 Å². The Morgan fingerprint density at radius 2 is 1.74 bits per heavy atom. The SMILES string of the molecule is COc1cc(C(=O)OCC(=O)c2ccc(Cl)s2)ccc1OCC(=O)Nc1ccccc1C(F)(F)F. The van der Waals surface area contributed by atoms with Crippen molar-refractivity contribution in [3.05, 3.63) is 74.9 Å². The quantitative estimate of drug-likeness (QED) is 0.292. The molecule has 0 radical (unpaired) electrons. The largest absolute Gasteiger partial charge is 0.493 e. The Balaban J connectivity index is 1.60. The van der Waals surface area contributed by atoms with Crippen molar-refractivity contribution in [1.82, 2.24) is 0 Å². The fourth-order valence-electron chi connectivity index (χ4n) is 2.83. The highest BCUT2D eigenvalue weighted by atomic mass is 35.5. The molecule has 0 aliphatic carbocycles. The van der Waals surface area contributed by atoms with E-state index in [0.29, 0.717) is 9.21 Å². The predicted molar refractivity (Wildman–Crippen MR) is 123 cm³/mol. The summed E-state index contributed by atoms with van der Waals surface area (Å²) in [5, 5.41) is 2.16. The lowest BCUT2D eigenvalue weighted by Crippen LogP contribution is -2.22. The Kier molecular flexibility index (Phi) is 8.36. The molecular weight excluding hydrogens is 511 g/mol. The van der Waals surface area contributed by atoms with Crippen molar-refractivity contribution in [2.24, 2.45) is 0 Å². The minimum Gasteiger partial charge on any atom is -0.493 e. The first-order valence-corrected chi connectivity index (χ1v) is 11.0. The van der Waals surface area contributed by atoms with Crippen LogP contribution >= 0.6 is 22.9 Å². The molecule has 0 atom stereocenters. The van der Waals surface area contributed by atoms with Gasteiger partial charge in [-0.05, 0) is 42.5 Å². The molecule has 0 saturated carbocycles. The monoisotopic (exact) mass is 527 g/mol. The van der Waals surface area contributed by atoms with Crippen LogP contribution in [0.2, 0.25) is 4.34 Å². The lowest BCUT2D eigenvalue weighted by Gasteiger charge is -2.15. The molecule has 0 saturated heterocycles. The second kappa shape index (κ2) is 11.2. The first-order chi connectivity index (χ1) is 16.6. The van der Waals surface area contributed by atoms with E-state index >= 15 is 0 Å². The molecule has 3 aromatic rings. The number of esters is 1. The van der Waals surface area contributed by atoms with Gasteiger partial charge in [-0.15, -0.1) is 11.3 Å². The Bertz CT molecular complexity index is 1240. The van der Waals surface area contributed by atoms with Gasteiger partial charge in [0.05, 0.1) is 33.1 Å². The van der Waals surface area contributed by atoms with Crippen LogP contribution in [0.15, 0.2) is 54.6 Å². The zero-order valence-electron chi connectivity index (χ0n) is 18.0. The van der Waals surface area contributed by atoms with Gasteiger partial charge in [0.15, 0.2) is 24.7 Å². The zero-order valence-corrected chi connectivity index (χ0v) is 19.6. The number of amides is 1. The molecule has 12 heteroatoms. The summed E-state index contributed by atoms with van der Waals surface area (Å²) in [6.45, 7) is -1.11. The molecule has 0 aliphatic rings. The van der Waals surface area contributed by atoms with E-state index in [1.807, 2.05) is 0 Å². The molecule has 0 unspecified atom stereocenters. The van der Waals surface area contributed by atoms with Crippen LogP contribution < -0.4 is 14.8 Å². The second-order valence-electron chi connectivity index (χ2n) is 6.85. The summed E-state index contributed by atoms with van der Waals surface area (Å²) in [6.07, 6.45) is -4.64. The normalized spacial score (nSPS) is 11.0. The van der Waals surface area contributed by atoms with Gasteiger partial charge in [0.2, 0.25) is 5.78 Å². The summed E-state index contributed by atoms with van der Waals surface area (Å²) in [4.78, 5) is 36.9. The van der Waals surface area contributed by atoms with E-state index in [1.165, 1.54) is 43.5 Å². The van der Waals surface area contributed by atoms with E-state index in [0.717, 1.165) is 23.5 Å². The number of ether oxygens (including phenoxy) is 3. The lowest BCUT2D eigenvalue weighted by atomic mass is 10.1. The summed E-state index contributed by atoms with van der Waals surface area (Å²) < 4.78 is 55.2. The molecule has 0 bridgehead atoms. The average molecular weight is 528 g/mol. The second-order valence-corrected chi connectivity index (χ2v) is 8.56. The van der Waals surface area contributed by atoms with Crippen LogP contribution in [0, 0.1) is 0 Å². The molecule has 7 nitrogen and oxygen atoms in total. The van der Waals surface area contributed by atoms with Gasteiger partial charge in [-0.25, -0.2) is 4.79 Å². The lowest BCUT2D eigenvalue weighted by molar-refractivity contribution is -0.137. The number of hydrogen-bond acceptors (Lipinski definition) is 7. The number of thiophene rings is 1. The first kappa shape index (κ1) is 26.0. The topological polar surface area (TPSA) is 90.9 Å². The maximum absolute atomic E-state index is 13.1. The number of ketones is 1. The predicted octanol–water partition coefficient (Wildman–Crippen LogP) is 5.49. The number of para-hydroxylation sites is 1. The maximum atomic E-state index is 13.1. The van der Waals surface area contributed by atoms with Crippen molar-refractivity contribution in [2.45, 2.75) is 6.18 Å². The van der Waals surface area contributed by atoms with Crippen LogP contribution in [-0.2, 0) is 15.7 Å². The minimum atomic E-state index is -4.64. The van der Waals surface area contributed by atoms with E-state index in [4.69, 9.17) is 25.8 Å². The highest BCUT2D eigenvalue weighted by Gasteiger charge is 2.33. The number of hydrogen-bond donors (Lipinski definition) is 1. The fraction of sp³-hybridized carbons (Fsp3) is 0.174. The summed E-state index contributed by atoms with van der Waals surface area (Å²) >= 11 is 6.85. The van der Waals surface area contributed by atoms with Crippen molar-refractivity contribution < 1.29 is 41.8 Å². The maximum Gasteiger partial charge on any atom is 0.418 e. The van der Waals surface area contributed by atoms with E-state index < -0.39 is 48.3 Å². The fourth-order valence-corrected chi connectivity index (χ4v) is 3.80. The third kappa shape index (κ3) is 6.96. The third-order valence-electron chi connectivity index (χ3n) is 4.45. The molecule has 1 amide bonds. The number of nitrogens with one attached hydrogen (secondary N) is 1. The van der Waals surface area contributed by atoms with Crippen molar-refractivity contribution in [1.29, 1.82) is 0 Å². The van der Waals surface area contributed by atoms with Gasteiger partial charge in [-0.3, -0.25) is 9.59 Å². The van der Waals surface area contributed by atoms with Gasteiger partial charge in [0.1, 0.15) is 0 Å². The van der Waals surface area contributed by atoms with Crippen LogP contribution in [0.5, 0.6) is 11.5 Å². The Morgan fingerprint density at radius 3 is 2.40 bits per heavy atom. The third-order valence-corrected chi connectivity index (χ3v) is 5.72. The summed E-state index contributed by atoms with van der Waals surface area (Å²) in [5.74, 6) is -1.92. The molecule has 0 spiro atoms. The van der Waals surface area contributed by atoms with Crippen molar-refractivity contribution in [3.63, 3.8) is 0 Å². The highest BCUT2D eigenvalue weighted by molar-refractivity contribution is 7.18. The van der Waals surface area contributed by atoms with Crippen LogP contribution in [0.3, 0.4) is 0 Å². The molecule has 1 aromatic heterocycles. The average Bonchev–Trinajstić information content (AvgIpc) is 3.27. The molecule has 2 aromatic carbocycles. The van der Waals surface area contributed by atoms with Crippen molar-refractivity contribution in [2.75, 3.05) is 25.6 Å². The molecule has 35 heavy (non-hydrogen) atoms. The molecule has 3 rings (SSSR count). The summed E-state index contributed by atoms with van der Waals surface area (Å²) in [6, 6.07) is 11.5. The number of Topliss-reactive ketones (excluding diaryl/α,β-unsaturated/α-hetero) is 1. The number of rotatable bonds is 9. The Morgan fingerprint density at radius 1 is 1.00 bits per heavy atom. The molecular formula is C23H17ClF3NO6S. The number of halogens is 4. The molecule has 184 valence electrons. The van der Waals surface area contributed by atoms with Gasteiger partial charge in [-0.1, -0.05) is 23.7 Å². The van der Waals surface area contributed by atoms with Crippen LogP contribution in [-0.4, -0.2) is 38.0 Å². The molecule has 1 N–H and O–H groups in total. The van der Waals surface area contributed by atoms with Gasteiger partial charge < -0.3 is 19.5 Å². The number of anilines is 1. The molecule has 0 aliphatic heterocycles. The van der Waals surface area contributed by atoms with E-state index in [-0.39, 0.29) is 17.1 Å². The molecule has 0 fully saturated rings. The van der Waals surface area contributed by atoms with Gasteiger partial charge in [0, 0.05) is 0 Å². The smallest absolute Gasteiger partial charge is 0.418 e. The number of benzene rings is 2. The van der Waals surface area contributed by atoms with Crippen LogP contribution in [0.25, 0.3) is 0 Å². The van der Waals surface area contributed by atoms with E-state index in [2.05, 4.69) is 5.32 Å². The standard InChI is InChI=1S/C23H17ClF3NO6S/c1-32-18-10-13(22(31)34-11-16(29)19-8-9-20(24)35-19)6-7-17(18)33-12-21(30)28-15-5-3-2-4-14(15)23(25,26)27/h2-10H,11-12H2,1H3,(H,28,30). The van der Waals surface area contributed by atoms with E-state index in [1.54, 1.807) is 6.07 Å². The zero-order chi connectivity index (χ0) is 25.6. The Labute approximate surface area is 206 Å². The summed E-state index contributed by atoms with van der Waals surface area (Å²) in [5.41, 5.74) is -1.35. The molecule has 1 heterocycles. The minimum absolute atomic E-state index is 0.0507. The number of alkyl halides is 3.